The topological polar surface area (TPSA) is 21.3 Å². The molecule has 0 aliphatic heterocycles. The molecule has 0 heterocycles. The first-order chi connectivity index (χ1) is 3.81. The predicted octanol–water partition coefficient (Wildman–Crippen LogP) is 0.889. The molecule has 0 aromatic rings. The molecule has 8 heavy (non-hydrogen) atoms. The van der Waals surface area contributed by atoms with Gasteiger partial charge in [0.05, 0.1) is 6.61 Å². The van der Waals surface area contributed by atoms with Gasteiger partial charge < -0.3 is 4.74 Å². The van der Waals surface area contributed by atoms with E-state index in [0.29, 0.717) is 6.04 Å². The van der Waals surface area contributed by atoms with Gasteiger partial charge in [0, 0.05) is 13.2 Å². The van der Waals surface area contributed by atoms with E-state index in [1.54, 1.807) is 19.1 Å². The summed E-state index contributed by atoms with van der Waals surface area (Å²) in [5.41, 5.74) is 0. The molecule has 3 heteroatoms. The minimum atomic E-state index is 0.454. The fourth-order valence-corrected chi connectivity index (χ4v) is 0.956. The van der Waals surface area contributed by atoms with E-state index in [9.17, 15) is 0 Å². The highest BCUT2D eigenvalue weighted by Crippen LogP contribution is 1.88. The molecule has 50 valence electrons. The molecule has 2 nitrogen and oxygen atoms in total. The van der Waals surface area contributed by atoms with Crippen LogP contribution < -0.4 is 4.72 Å². The van der Waals surface area contributed by atoms with E-state index in [0.717, 1.165) is 6.61 Å². The minimum Gasteiger partial charge on any atom is -0.383 e. The number of methoxy groups -OCH3 is 1. The molecule has 1 atom stereocenters. The van der Waals surface area contributed by atoms with Crippen LogP contribution in [0, 0.1) is 0 Å². The fourth-order valence-electron chi connectivity index (χ4n) is 0.485. The molecule has 0 aromatic heterocycles. The van der Waals surface area contributed by atoms with Crippen molar-refractivity contribution in [1.82, 2.24) is 4.72 Å². The van der Waals surface area contributed by atoms with Crippen LogP contribution in [0.5, 0.6) is 0 Å². The molecule has 0 saturated heterocycles. The van der Waals surface area contributed by atoms with Crippen LogP contribution in [0.25, 0.3) is 0 Å². The zero-order valence-corrected chi connectivity index (χ0v) is 6.42. The Kier molecular flexibility index (Phi) is 5.59. The Labute approximate surface area is 55.1 Å². The smallest absolute Gasteiger partial charge is 0.0622 e. The lowest BCUT2D eigenvalue weighted by atomic mass is 10.4. The summed E-state index contributed by atoms with van der Waals surface area (Å²) in [5.74, 6) is 0. The molecule has 0 spiro atoms. The van der Waals surface area contributed by atoms with Crippen molar-refractivity contribution in [3.8, 4) is 0 Å². The van der Waals surface area contributed by atoms with Gasteiger partial charge in [-0.3, -0.25) is 4.72 Å². The van der Waals surface area contributed by atoms with Crippen LogP contribution in [0.1, 0.15) is 6.92 Å². The number of rotatable bonds is 4. The van der Waals surface area contributed by atoms with Crippen LogP contribution in [0.15, 0.2) is 0 Å². The first-order valence-electron chi connectivity index (χ1n) is 2.58. The first kappa shape index (κ1) is 8.27. The van der Waals surface area contributed by atoms with Crippen molar-refractivity contribution >= 4 is 11.9 Å². The number of nitrogens with one attached hydrogen (secondary N) is 1. The van der Waals surface area contributed by atoms with Crippen molar-refractivity contribution in [2.45, 2.75) is 13.0 Å². The highest BCUT2D eigenvalue weighted by atomic mass is 32.2. The number of ether oxygens (including phenoxy) is 1. The van der Waals surface area contributed by atoms with E-state index in [-0.39, 0.29) is 0 Å². The van der Waals surface area contributed by atoms with Gasteiger partial charge in [-0.15, -0.1) is 0 Å². The SMILES string of the molecule is COCC(C)NSC. The molecule has 0 saturated carbocycles. The molecule has 0 rings (SSSR count). The molecule has 0 bridgehead atoms. The standard InChI is InChI=1S/C5H13NOS/c1-5(4-7-2)6-8-3/h5-6H,4H2,1-3H3. The largest absolute Gasteiger partial charge is 0.383 e. The zero-order valence-electron chi connectivity index (χ0n) is 5.60. The Bertz CT molecular complexity index is 45.7. The Morgan fingerprint density at radius 3 is 2.75 bits per heavy atom. The van der Waals surface area contributed by atoms with E-state index in [2.05, 4.69) is 11.6 Å². The molecular formula is C5H13NOS. The number of hydrogen-bond acceptors (Lipinski definition) is 3. The molecular weight excluding hydrogens is 122 g/mol. The lowest BCUT2D eigenvalue weighted by Crippen LogP contribution is -2.23. The monoisotopic (exact) mass is 135 g/mol. The fraction of sp³-hybridized carbons (Fsp3) is 1.00. The van der Waals surface area contributed by atoms with Gasteiger partial charge in [0.2, 0.25) is 0 Å². The highest BCUT2D eigenvalue weighted by Gasteiger charge is 1.95. The number of hydrogen-bond donors (Lipinski definition) is 1. The van der Waals surface area contributed by atoms with Crippen molar-refractivity contribution in [3.05, 3.63) is 0 Å². The van der Waals surface area contributed by atoms with E-state index >= 15 is 0 Å². The molecule has 1 N–H and O–H groups in total. The van der Waals surface area contributed by atoms with Gasteiger partial charge in [-0.25, -0.2) is 0 Å². The van der Waals surface area contributed by atoms with E-state index in [1.807, 2.05) is 6.26 Å². The maximum absolute atomic E-state index is 4.88. The van der Waals surface area contributed by atoms with Gasteiger partial charge in [0.15, 0.2) is 0 Å². The molecule has 0 amide bonds. The normalized spacial score (nSPS) is 13.9. The quantitative estimate of drug-likeness (QED) is 0.578. The summed E-state index contributed by atoms with van der Waals surface area (Å²) >= 11 is 1.62. The summed E-state index contributed by atoms with van der Waals surface area (Å²) in [6, 6.07) is 0.454. The van der Waals surface area contributed by atoms with Crippen LogP contribution in [0.4, 0.5) is 0 Å². The maximum Gasteiger partial charge on any atom is 0.0622 e. The van der Waals surface area contributed by atoms with Gasteiger partial charge in [-0.1, -0.05) is 11.9 Å². The highest BCUT2D eigenvalue weighted by molar-refractivity contribution is 7.96. The molecule has 0 aliphatic rings. The summed E-state index contributed by atoms with van der Waals surface area (Å²) in [7, 11) is 1.71. The summed E-state index contributed by atoms with van der Waals surface area (Å²) in [4.78, 5) is 0. The lowest BCUT2D eigenvalue weighted by Gasteiger charge is -2.08. The minimum absolute atomic E-state index is 0.454. The van der Waals surface area contributed by atoms with Crippen LogP contribution in [-0.2, 0) is 4.74 Å². The molecule has 0 radical (unpaired) electrons. The van der Waals surface area contributed by atoms with Gasteiger partial charge in [0.25, 0.3) is 0 Å². The van der Waals surface area contributed by atoms with Crippen molar-refractivity contribution in [2.24, 2.45) is 0 Å². The van der Waals surface area contributed by atoms with Crippen LogP contribution >= 0.6 is 11.9 Å². The lowest BCUT2D eigenvalue weighted by molar-refractivity contribution is 0.181. The second-order valence-corrected chi connectivity index (χ2v) is 2.32. The third-order valence-electron chi connectivity index (χ3n) is 0.736. The van der Waals surface area contributed by atoms with E-state index < -0.39 is 0 Å². The third-order valence-corrected chi connectivity index (χ3v) is 1.37. The van der Waals surface area contributed by atoms with Crippen LogP contribution in [-0.4, -0.2) is 26.0 Å². The van der Waals surface area contributed by atoms with Crippen molar-refractivity contribution in [1.29, 1.82) is 0 Å². The van der Waals surface area contributed by atoms with E-state index in [1.165, 1.54) is 0 Å². The second-order valence-electron chi connectivity index (χ2n) is 1.68. The average molecular weight is 135 g/mol. The molecule has 0 fully saturated rings. The Morgan fingerprint density at radius 1 is 1.75 bits per heavy atom. The van der Waals surface area contributed by atoms with Crippen molar-refractivity contribution in [2.75, 3.05) is 20.0 Å². The van der Waals surface area contributed by atoms with Crippen LogP contribution in [0.2, 0.25) is 0 Å². The summed E-state index contributed by atoms with van der Waals surface area (Å²) in [6.07, 6.45) is 2.01. The Hall–Kier alpha value is 0.270. The van der Waals surface area contributed by atoms with Gasteiger partial charge >= 0.3 is 0 Å². The summed E-state index contributed by atoms with van der Waals surface area (Å²) in [6.45, 7) is 2.86. The Morgan fingerprint density at radius 2 is 2.38 bits per heavy atom. The summed E-state index contributed by atoms with van der Waals surface area (Å²) < 4.78 is 8.02. The molecule has 0 aromatic carbocycles. The van der Waals surface area contributed by atoms with Gasteiger partial charge in [-0.05, 0) is 13.2 Å². The van der Waals surface area contributed by atoms with Crippen LogP contribution in [0.3, 0.4) is 0 Å². The van der Waals surface area contributed by atoms with Gasteiger partial charge in [0.1, 0.15) is 0 Å². The Balaban J connectivity index is 2.92. The second kappa shape index (κ2) is 5.41. The predicted molar refractivity (Wildman–Crippen MR) is 38.0 cm³/mol. The average Bonchev–Trinajstić information content (AvgIpc) is 1.68. The molecule has 0 aliphatic carbocycles. The third kappa shape index (κ3) is 4.43. The van der Waals surface area contributed by atoms with E-state index in [4.69, 9.17) is 4.74 Å². The van der Waals surface area contributed by atoms with Crippen molar-refractivity contribution in [3.63, 3.8) is 0 Å². The van der Waals surface area contributed by atoms with Gasteiger partial charge in [-0.2, -0.15) is 0 Å². The first-order valence-corrected chi connectivity index (χ1v) is 3.81. The maximum atomic E-state index is 4.88. The molecule has 1 unspecified atom stereocenters. The summed E-state index contributed by atoms with van der Waals surface area (Å²) in [5, 5.41) is 0. The van der Waals surface area contributed by atoms with Crippen molar-refractivity contribution < 1.29 is 4.74 Å². The zero-order chi connectivity index (χ0) is 6.41.